The third-order valence-electron chi connectivity index (χ3n) is 2.97. The van der Waals surface area contributed by atoms with E-state index in [0.717, 1.165) is 5.82 Å². The van der Waals surface area contributed by atoms with E-state index in [9.17, 15) is 0 Å². The Hall–Kier alpha value is -0.570. The molecule has 3 nitrogen and oxygen atoms in total. The van der Waals surface area contributed by atoms with Crippen LogP contribution in [0.3, 0.4) is 0 Å². The summed E-state index contributed by atoms with van der Waals surface area (Å²) in [5.74, 6) is 0.944. The average molecular weight is 244 g/mol. The van der Waals surface area contributed by atoms with Gasteiger partial charge in [-0.1, -0.05) is 41.5 Å². The van der Waals surface area contributed by atoms with Crippen LogP contribution >= 0.6 is 11.6 Å². The molecule has 16 heavy (non-hydrogen) atoms. The number of rotatable bonds is 1. The third kappa shape index (κ3) is 2.57. The number of hydrogen-bond acceptors (Lipinski definition) is 2. The lowest BCUT2D eigenvalue weighted by atomic mass is 9.86. The smallest absolute Gasteiger partial charge is 0.225 e. The maximum Gasteiger partial charge on any atom is 0.225 e. The van der Waals surface area contributed by atoms with Gasteiger partial charge in [0.15, 0.2) is 0 Å². The zero-order chi connectivity index (χ0) is 12.7. The molecule has 0 bridgehead atoms. The molecule has 0 saturated heterocycles. The molecular weight excluding hydrogens is 222 g/mol. The van der Waals surface area contributed by atoms with Crippen LogP contribution in [0.1, 0.15) is 60.3 Å². The van der Waals surface area contributed by atoms with Crippen molar-refractivity contribution in [1.29, 1.82) is 0 Å². The van der Waals surface area contributed by atoms with E-state index in [-0.39, 0.29) is 16.9 Å². The number of halogens is 1. The third-order valence-corrected chi connectivity index (χ3v) is 3.22. The molecule has 1 aromatic heterocycles. The Morgan fingerprint density at radius 3 is 1.94 bits per heavy atom. The Morgan fingerprint density at radius 1 is 1.06 bits per heavy atom. The van der Waals surface area contributed by atoms with Crippen LogP contribution in [0.5, 0.6) is 0 Å². The summed E-state index contributed by atoms with van der Waals surface area (Å²) in [6.45, 7) is 15.1. The van der Waals surface area contributed by atoms with Crippen molar-refractivity contribution >= 4 is 11.6 Å². The second-order valence-electron chi connectivity index (χ2n) is 6.45. The van der Waals surface area contributed by atoms with Gasteiger partial charge in [0.05, 0.1) is 0 Å². The van der Waals surface area contributed by atoms with Gasteiger partial charge in [-0.05, 0) is 23.9 Å². The van der Waals surface area contributed by atoms with E-state index in [1.165, 1.54) is 0 Å². The fraction of sp³-hybridized carbons (Fsp3) is 0.833. The van der Waals surface area contributed by atoms with Crippen molar-refractivity contribution in [1.82, 2.24) is 14.8 Å². The molecule has 1 unspecified atom stereocenters. The van der Waals surface area contributed by atoms with Crippen LogP contribution in [0.15, 0.2) is 0 Å². The van der Waals surface area contributed by atoms with Crippen molar-refractivity contribution < 1.29 is 0 Å². The van der Waals surface area contributed by atoms with Gasteiger partial charge in [-0.15, -0.1) is 10.2 Å². The second kappa shape index (κ2) is 4.02. The molecular formula is C12H22ClN3. The Balaban J connectivity index is 3.28. The van der Waals surface area contributed by atoms with E-state index < -0.39 is 0 Å². The number of hydrogen-bond donors (Lipinski definition) is 0. The molecule has 0 fully saturated rings. The lowest BCUT2D eigenvalue weighted by Crippen LogP contribution is -2.27. The minimum atomic E-state index is -0.0420. The van der Waals surface area contributed by atoms with Gasteiger partial charge < -0.3 is 0 Å². The highest BCUT2D eigenvalue weighted by Gasteiger charge is 2.30. The van der Waals surface area contributed by atoms with Crippen LogP contribution in [-0.2, 0) is 5.41 Å². The molecule has 0 aromatic carbocycles. The van der Waals surface area contributed by atoms with E-state index in [1.807, 2.05) is 4.57 Å². The van der Waals surface area contributed by atoms with E-state index in [0.29, 0.717) is 5.28 Å². The minimum Gasteiger partial charge on any atom is -0.298 e. The van der Waals surface area contributed by atoms with Gasteiger partial charge in [-0.2, -0.15) is 0 Å². The van der Waals surface area contributed by atoms with Crippen LogP contribution < -0.4 is 0 Å². The highest BCUT2D eigenvalue weighted by atomic mass is 35.5. The van der Waals surface area contributed by atoms with Crippen molar-refractivity contribution in [3.63, 3.8) is 0 Å². The quantitative estimate of drug-likeness (QED) is 0.751. The monoisotopic (exact) mass is 243 g/mol. The lowest BCUT2D eigenvalue weighted by molar-refractivity contribution is 0.250. The summed E-state index contributed by atoms with van der Waals surface area (Å²) in [6.07, 6.45) is 0. The first-order chi connectivity index (χ1) is 7.05. The molecule has 1 aromatic rings. The first-order valence-corrected chi connectivity index (χ1v) is 6.04. The summed E-state index contributed by atoms with van der Waals surface area (Å²) in [7, 11) is 0. The van der Waals surface area contributed by atoms with E-state index >= 15 is 0 Å². The molecule has 0 spiro atoms. The number of nitrogens with zero attached hydrogens (tertiary/aromatic N) is 3. The lowest BCUT2D eigenvalue weighted by Gasteiger charge is -2.32. The van der Waals surface area contributed by atoms with Gasteiger partial charge in [-0.3, -0.25) is 4.57 Å². The standard InChI is InChI=1S/C12H22ClN3/c1-8(11(2,3)4)16-9(12(5,6)7)14-15-10(16)13/h8H,1-7H3. The fourth-order valence-electron chi connectivity index (χ4n) is 1.51. The summed E-state index contributed by atoms with van der Waals surface area (Å²) < 4.78 is 2.04. The van der Waals surface area contributed by atoms with Gasteiger partial charge in [-0.25, -0.2) is 0 Å². The first-order valence-electron chi connectivity index (χ1n) is 5.66. The maximum absolute atomic E-state index is 6.14. The Kier molecular flexibility index (Phi) is 3.39. The van der Waals surface area contributed by atoms with Gasteiger partial charge in [0.2, 0.25) is 5.28 Å². The fourth-order valence-corrected chi connectivity index (χ4v) is 1.78. The van der Waals surface area contributed by atoms with Gasteiger partial charge >= 0.3 is 0 Å². The highest BCUT2D eigenvalue weighted by Crippen LogP contribution is 2.35. The Labute approximate surface area is 103 Å². The summed E-state index contributed by atoms with van der Waals surface area (Å²) >= 11 is 6.14. The summed E-state index contributed by atoms with van der Waals surface area (Å²) in [6, 6.07) is 0.268. The van der Waals surface area contributed by atoms with E-state index in [4.69, 9.17) is 11.6 Å². The van der Waals surface area contributed by atoms with Gasteiger partial charge in [0.1, 0.15) is 5.82 Å². The Bertz CT molecular complexity index is 369. The normalized spacial score (nSPS) is 15.2. The van der Waals surface area contributed by atoms with Crippen molar-refractivity contribution in [2.45, 2.75) is 59.9 Å². The maximum atomic E-state index is 6.14. The molecule has 1 rings (SSSR count). The first kappa shape index (κ1) is 13.5. The van der Waals surface area contributed by atoms with E-state index in [1.54, 1.807) is 0 Å². The SMILES string of the molecule is CC(n1c(Cl)nnc1C(C)(C)C)C(C)(C)C. The number of aromatic nitrogens is 3. The molecule has 0 aliphatic heterocycles. The molecule has 0 amide bonds. The molecule has 0 aliphatic carbocycles. The van der Waals surface area contributed by atoms with Crippen molar-refractivity contribution in [3.8, 4) is 0 Å². The largest absolute Gasteiger partial charge is 0.298 e. The average Bonchev–Trinajstić information content (AvgIpc) is 2.43. The Morgan fingerprint density at radius 2 is 1.56 bits per heavy atom. The van der Waals surface area contributed by atoms with Crippen molar-refractivity contribution in [2.24, 2.45) is 5.41 Å². The minimum absolute atomic E-state index is 0.0420. The molecule has 0 radical (unpaired) electrons. The van der Waals surface area contributed by atoms with Crippen LogP contribution in [-0.4, -0.2) is 14.8 Å². The summed E-state index contributed by atoms with van der Waals surface area (Å²) in [5, 5.41) is 8.68. The second-order valence-corrected chi connectivity index (χ2v) is 6.79. The van der Waals surface area contributed by atoms with Crippen LogP contribution in [0, 0.1) is 5.41 Å². The molecule has 92 valence electrons. The van der Waals surface area contributed by atoms with Gasteiger partial charge in [0.25, 0.3) is 0 Å². The predicted molar refractivity (Wildman–Crippen MR) is 67.9 cm³/mol. The van der Waals surface area contributed by atoms with Crippen molar-refractivity contribution in [3.05, 3.63) is 11.1 Å². The highest BCUT2D eigenvalue weighted by molar-refractivity contribution is 6.28. The summed E-state index contributed by atoms with van der Waals surface area (Å²) in [5.41, 5.74) is 0.0890. The molecule has 4 heteroatoms. The molecule has 1 atom stereocenters. The zero-order valence-corrected chi connectivity index (χ0v) is 12.1. The van der Waals surface area contributed by atoms with Crippen LogP contribution in [0.2, 0.25) is 5.28 Å². The molecule has 0 N–H and O–H groups in total. The zero-order valence-electron chi connectivity index (χ0n) is 11.3. The molecule has 0 saturated carbocycles. The molecule has 0 aliphatic rings. The van der Waals surface area contributed by atoms with Crippen LogP contribution in [0.25, 0.3) is 0 Å². The summed E-state index contributed by atoms with van der Waals surface area (Å²) in [4.78, 5) is 0. The topological polar surface area (TPSA) is 30.7 Å². The van der Waals surface area contributed by atoms with Gasteiger partial charge in [0, 0.05) is 11.5 Å². The van der Waals surface area contributed by atoms with Crippen LogP contribution in [0.4, 0.5) is 0 Å². The predicted octanol–water partition coefficient (Wildman–Crippen LogP) is 3.84. The van der Waals surface area contributed by atoms with E-state index in [2.05, 4.69) is 58.7 Å². The van der Waals surface area contributed by atoms with Crippen molar-refractivity contribution in [2.75, 3.05) is 0 Å². The molecule has 1 heterocycles.